The molecule has 3 nitrogen and oxygen atoms in total. The van der Waals surface area contributed by atoms with Crippen LogP contribution in [0.25, 0.3) is 6.08 Å². The minimum atomic E-state index is -0.304. The van der Waals surface area contributed by atoms with Crippen molar-refractivity contribution >= 4 is 12.0 Å². The van der Waals surface area contributed by atoms with Crippen molar-refractivity contribution in [2.75, 3.05) is 13.7 Å². The molecule has 0 aromatic heterocycles. The van der Waals surface area contributed by atoms with E-state index >= 15 is 0 Å². The van der Waals surface area contributed by atoms with Crippen molar-refractivity contribution in [2.24, 2.45) is 0 Å². The zero-order valence-corrected chi connectivity index (χ0v) is 9.69. The van der Waals surface area contributed by atoms with Crippen LogP contribution in [-0.4, -0.2) is 19.6 Å². The molecule has 1 aromatic carbocycles. The fourth-order valence-electron chi connectivity index (χ4n) is 1.40. The van der Waals surface area contributed by atoms with Gasteiger partial charge in [-0.2, -0.15) is 0 Å². The van der Waals surface area contributed by atoms with Crippen LogP contribution in [-0.2, 0) is 16.1 Å². The number of esters is 1. The van der Waals surface area contributed by atoms with Gasteiger partial charge in [0, 0.05) is 12.6 Å². The fraction of sp³-hybridized carbons (Fsp3) is 0.308. The van der Waals surface area contributed by atoms with Gasteiger partial charge in [-0.1, -0.05) is 24.3 Å². The zero-order valence-electron chi connectivity index (χ0n) is 9.69. The molecule has 1 N–H and O–H groups in total. The largest absolute Gasteiger partial charge is 0.463 e. The van der Waals surface area contributed by atoms with E-state index in [-0.39, 0.29) is 5.97 Å². The van der Waals surface area contributed by atoms with Crippen LogP contribution < -0.4 is 5.32 Å². The summed E-state index contributed by atoms with van der Waals surface area (Å²) in [7, 11) is 1.89. The summed E-state index contributed by atoms with van der Waals surface area (Å²) < 4.78 is 4.82. The summed E-state index contributed by atoms with van der Waals surface area (Å²) in [5.74, 6) is -0.304. The van der Waals surface area contributed by atoms with Gasteiger partial charge in [0.25, 0.3) is 0 Å². The normalized spacial score (nSPS) is 10.6. The van der Waals surface area contributed by atoms with Crippen LogP contribution in [0.1, 0.15) is 18.1 Å². The summed E-state index contributed by atoms with van der Waals surface area (Å²) in [5, 5.41) is 3.09. The minimum Gasteiger partial charge on any atom is -0.463 e. The molecule has 0 atom stereocenters. The second-order valence-electron chi connectivity index (χ2n) is 3.31. The van der Waals surface area contributed by atoms with E-state index in [2.05, 4.69) is 5.32 Å². The molecule has 0 amide bonds. The van der Waals surface area contributed by atoms with Crippen LogP contribution in [0.2, 0.25) is 0 Å². The van der Waals surface area contributed by atoms with Crippen LogP contribution in [0.3, 0.4) is 0 Å². The number of nitrogens with one attached hydrogen (secondary N) is 1. The number of carbonyl (C=O) groups excluding carboxylic acids is 1. The summed E-state index contributed by atoms with van der Waals surface area (Å²) in [6.45, 7) is 2.98. The minimum absolute atomic E-state index is 0.304. The van der Waals surface area contributed by atoms with E-state index in [4.69, 9.17) is 4.74 Å². The molecule has 0 unspecified atom stereocenters. The topological polar surface area (TPSA) is 38.3 Å². The maximum absolute atomic E-state index is 11.2. The first-order valence-corrected chi connectivity index (χ1v) is 5.35. The van der Waals surface area contributed by atoms with E-state index in [1.54, 1.807) is 13.0 Å². The first-order chi connectivity index (χ1) is 7.77. The number of hydrogen-bond acceptors (Lipinski definition) is 3. The van der Waals surface area contributed by atoms with E-state index in [0.29, 0.717) is 6.61 Å². The third kappa shape index (κ3) is 3.87. The molecule has 0 saturated heterocycles. The van der Waals surface area contributed by atoms with Crippen LogP contribution in [0.4, 0.5) is 0 Å². The van der Waals surface area contributed by atoms with Gasteiger partial charge in [0.05, 0.1) is 6.61 Å². The Balaban J connectivity index is 2.75. The molecule has 0 heterocycles. The smallest absolute Gasteiger partial charge is 0.330 e. The molecule has 3 heteroatoms. The molecule has 86 valence electrons. The lowest BCUT2D eigenvalue weighted by Gasteiger charge is -2.04. The number of benzene rings is 1. The van der Waals surface area contributed by atoms with Gasteiger partial charge in [0.1, 0.15) is 0 Å². The second kappa shape index (κ2) is 6.80. The van der Waals surface area contributed by atoms with Crippen molar-refractivity contribution in [3.05, 3.63) is 41.5 Å². The highest BCUT2D eigenvalue weighted by atomic mass is 16.5. The Bertz CT molecular complexity index is 372. The molecule has 1 aromatic rings. The maximum Gasteiger partial charge on any atom is 0.330 e. The Morgan fingerprint density at radius 1 is 1.44 bits per heavy atom. The summed E-state index contributed by atoms with van der Waals surface area (Å²) in [4.78, 5) is 11.2. The average molecular weight is 219 g/mol. The van der Waals surface area contributed by atoms with Crippen molar-refractivity contribution in [1.29, 1.82) is 0 Å². The lowest BCUT2D eigenvalue weighted by atomic mass is 10.1. The van der Waals surface area contributed by atoms with Crippen molar-refractivity contribution in [3.63, 3.8) is 0 Å². The first-order valence-electron chi connectivity index (χ1n) is 5.35. The Morgan fingerprint density at radius 3 is 2.88 bits per heavy atom. The van der Waals surface area contributed by atoms with Crippen molar-refractivity contribution in [3.8, 4) is 0 Å². The Kier molecular flexibility index (Phi) is 5.29. The van der Waals surface area contributed by atoms with Crippen LogP contribution >= 0.6 is 0 Å². The van der Waals surface area contributed by atoms with Gasteiger partial charge in [0.15, 0.2) is 0 Å². The monoisotopic (exact) mass is 219 g/mol. The van der Waals surface area contributed by atoms with E-state index in [1.807, 2.05) is 31.3 Å². The van der Waals surface area contributed by atoms with Crippen molar-refractivity contribution < 1.29 is 9.53 Å². The summed E-state index contributed by atoms with van der Waals surface area (Å²) in [5.41, 5.74) is 2.19. The standard InChI is InChI=1S/C13H17NO2/c1-3-16-13(15)9-8-11-6-4-5-7-12(11)10-14-2/h4-9,14H,3,10H2,1-2H3. The van der Waals surface area contributed by atoms with Crippen LogP contribution in [0, 0.1) is 0 Å². The third-order valence-electron chi connectivity index (χ3n) is 2.11. The van der Waals surface area contributed by atoms with Gasteiger partial charge in [-0.3, -0.25) is 0 Å². The zero-order chi connectivity index (χ0) is 11.8. The number of rotatable bonds is 5. The quantitative estimate of drug-likeness (QED) is 0.608. The first kappa shape index (κ1) is 12.5. The highest BCUT2D eigenvalue weighted by Gasteiger charge is 1.98. The van der Waals surface area contributed by atoms with E-state index in [0.717, 1.165) is 17.7 Å². The third-order valence-corrected chi connectivity index (χ3v) is 2.11. The summed E-state index contributed by atoms with van der Waals surface area (Å²) in [6.07, 6.45) is 3.24. The lowest BCUT2D eigenvalue weighted by Crippen LogP contribution is -2.06. The second-order valence-corrected chi connectivity index (χ2v) is 3.31. The maximum atomic E-state index is 11.2. The predicted octanol–water partition coefficient (Wildman–Crippen LogP) is 1.98. The molecule has 0 fully saturated rings. The molecule has 16 heavy (non-hydrogen) atoms. The highest BCUT2D eigenvalue weighted by molar-refractivity contribution is 5.87. The highest BCUT2D eigenvalue weighted by Crippen LogP contribution is 2.10. The predicted molar refractivity (Wildman–Crippen MR) is 64.9 cm³/mol. The molecular formula is C13H17NO2. The van der Waals surface area contributed by atoms with Gasteiger partial charge in [-0.15, -0.1) is 0 Å². The van der Waals surface area contributed by atoms with E-state index in [9.17, 15) is 4.79 Å². The molecule has 0 aliphatic heterocycles. The number of hydrogen-bond donors (Lipinski definition) is 1. The summed E-state index contributed by atoms with van der Waals surface area (Å²) in [6, 6.07) is 7.93. The molecule has 0 bridgehead atoms. The lowest BCUT2D eigenvalue weighted by molar-refractivity contribution is -0.137. The molecule has 0 saturated carbocycles. The molecule has 0 spiro atoms. The van der Waals surface area contributed by atoms with Crippen molar-refractivity contribution in [2.45, 2.75) is 13.5 Å². The van der Waals surface area contributed by atoms with Gasteiger partial charge < -0.3 is 10.1 Å². The van der Waals surface area contributed by atoms with Gasteiger partial charge in [0.2, 0.25) is 0 Å². The van der Waals surface area contributed by atoms with Crippen molar-refractivity contribution in [1.82, 2.24) is 5.32 Å². The van der Waals surface area contributed by atoms with Gasteiger partial charge >= 0.3 is 5.97 Å². The molecule has 1 rings (SSSR count). The number of ether oxygens (including phenoxy) is 1. The van der Waals surface area contributed by atoms with Crippen LogP contribution in [0.15, 0.2) is 30.3 Å². The SMILES string of the molecule is CCOC(=O)C=Cc1ccccc1CNC. The molecular weight excluding hydrogens is 202 g/mol. The van der Waals surface area contributed by atoms with Gasteiger partial charge in [-0.25, -0.2) is 4.79 Å². The Hall–Kier alpha value is -1.61. The summed E-state index contributed by atoms with van der Waals surface area (Å²) >= 11 is 0. The molecule has 0 aliphatic carbocycles. The molecule has 0 radical (unpaired) electrons. The van der Waals surface area contributed by atoms with Crippen LogP contribution in [0.5, 0.6) is 0 Å². The average Bonchev–Trinajstić information content (AvgIpc) is 2.29. The van der Waals surface area contributed by atoms with E-state index in [1.165, 1.54) is 6.08 Å². The Morgan fingerprint density at radius 2 is 2.19 bits per heavy atom. The number of carbonyl (C=O) groups is 1. The van der Waals surface area contributed by atoms with Gasteiger partial charge in [-0.05, 0) is 31.2 Å². The fourth-order valence-corrected chi connectivity index (χ4v) is 1.40. The Labute approximate surface area is 96.1 Å². The van der Waals surface area contributed by atoms with E-state index < -0.39 is 0 Å². The molecule has 0 aliphatic rings.